The van der Waals surface area contributed by atoms with Crippen molar-refractivity contribution in [3.8, 4) is 45.5 Å². The fourth-order valence-electron chi connectivity index (χ4n) is 16.0. The molecular weight excluding hydrogens is 1190 g/mol. The molecule has 454 valence electrons. The van der Waals surface area contributed by atoms with Crippen molar-refractivity contribution < 1.29 is 13.2 Å². The fourth-order valence-corrected chi connectivity index (χ4v) is 16.0. The van der Waals surface area contributed by atoms with E-state index in [0.717, 1.165) is 132 Å². The molecule has 0 aliphatic heterocycles. The van der Waals surface area contributed by atoms with E-state index in [1.807, 2.05) is 106 Å². The zero-order chi connectivity index (χ0) is 63.8. The molecule has 0 saturated heterocycles. The molecule has 0 unspecified atom stereocenters. The van der Waals surface area contributed by atoms with Gasteiger partial charge in [-0.2, -0.15) is 13.2 Å². The third-order valence-corrected chi connectivity index (χ3v) is 19.8. The number of aryl methyl sites for hydroxylation is 2. The number of alkyl halides is 3. The molecule has 0 radical (unpaired) electrons. The van der Waals surface area contributed by atoms with Crippen molar-refractivity contribution in [1.82, 2.24) is 42.4 Å². The normalized spacial score (nSPS) is 12.4. The van der Waals surface area contributed by atoms with Crippen molar-refractivity contribution in [1.29, 1.82) is 0 Å². The smallest absolute Gasteiger partial charge is 0.309 e. The highest BCUT2D eigenvalue weighted by Gasteiger charge is 2.40. The van der Waals surface area contributed by atoms with E-state index < -0.39 is 11.7 Å². The lowest BCUT2D eigenvalue weighted by molar-refractivity contribution is -0.137. The summed E-state index contributed by atoms with van der Waals surface area (Å²) in [6.07, 6.45) is -5.01. The highest BCUT2D eigenvalue weighted by Crippen LogP contribution is 2.49. The van der Waals surface area contributed by atoms with Crippen LogP contribution in [0.25, 0.3) is 176 Å². The van der Waals surface area contributed by atoms with Gasteiger partial charge in [-0.05, 0) is 123 Å². The summed E-state index contributed by atoms with van der Waals surface area (Å²) in [6, 6.07) is 94.7. The number of aromatic nitrogens is 9. The average molecular weight is 1240 g/mol. The van der Waals surface area contributed by atoms with Gasteiger partial charge >= 0.3 is 6.18 Å². The standard InChI is InChI=1S/C84H52F3N9/c1-49-88-50(2)90-83(89-49)51-43-80(95-76-45-52(91-68-27-11-3-19-56(68)57-20-4-12-28-69(57)91)35-39-64(76)65-40-36-53(46-77(65)95)92-70-29-13-5-21-58(70)59-22-6-14-30-71(59)92)82(84(85,86)87)81(44-51)96-78-47-54(93-72-31-15-7-23-60(72)61-24-8-16-32-73(61)93)37-41-66(78)67-42-38-55(48-79(67)96)94-74-33-17-9-25-62(74)63-26-10-18-34-75(63)94/h3-48H,1-2H3. The van der Waals surface area contributed by atoms with Crippen molar-refractivity contribution in [2.75, 3.05) is 0 Å². The van der Waals surface area contributed by atoms with Gasteiger partial charge in [0.2, 0.25) is 0 Å². The Bertz CT molecular complexity index is 5800. The quantitative estimate of drug-likeness (QED) is 0.160. The van der Waals surface area contributed by atoms with Crippen molar-refractivity contribution >= 4 is 131 Å². The van der Waals surface area contributed by atoms with Gasteiger partial charge < -0.3 is 27.4 Å². The van der Waals surface area contributed by atoms with Gasteiger partial charge in [-0.25, -0.2) is 15.0 Å². The van der Waals surface area contributed by atoms with Crippen LogP contribution in [0.4, 0.5) is 13.2 Å². The highest BCUT2D eigenvalue weighted by molar-refractivity contribution is 6.17. The second kappa shape index (κ2) is 20.0. The topological polar surface area (TPSA) is 68.2 Å². The number of benzene rings is 13. The summed E-state index contributed by atoms with van der Waals surface area (Å²) in [7, 11) is 0. The monoisotopic (exact) mass is 1240 g/mol. The predicted molar refractivity (Wildman–Crippen MR) is 386 cm³/mol. The van der Waals surface area contributed by atoms with E-state index in [1.54, 1.807) is 26.0 Å². The second-order valence-corrected chi connectivity index (χ2v) is 25.1. The average Bonchev–Trinajstić information content (AvgIpc) is 1.52. The van der Waals surface area contributed by atoms with Crippen LogP contribution in [0.1, 0.15) is 17.2 Å². The molecule has 0 saturated carbocycles. The maximum atomic E-state index is 18.3. The lowest BCUT2D eigenvalue weighted by Crippen LogP contribution is -2.16. The van der Waals surface area contributed by atoms with Crippen molar-refractivity contribution in [2.24, 2.45) is 0 Å². The molecule has 0 atom stereocenters. The van der Waals surface area contributed by atoms with Crippen LogP contribution >= 0.6 is 0 Å². The van der Waals surface area contributed by atoms with E-state index in [4.69, 9.17) is 9.97 Å². The number of hydrogen-bond acceptors (Lipinski definition) is 3. The summed E-state index contributed by atoms with van der Waals surface area (Å²) in [5, 5.41) is 11.6. The van der Waals surface area contributed by atoms with Crippen LogP contribution in [0.3, 0.4) is 0 Å². The first-order valence-corrected chi connectivity index (χ1v) is 32.2. The van der Waals surface area contributed by atoms with Gasteiger partial charge in [-0.15, -0.1) is 0 Å². The molecule has 0 N–H and O–H groups in total. The summed E-state index contributed by atoms with van der Waals surface area (Å²) in [5.41, 5.74) is 12.6. The van der Waals surface area contributed by atoms with E-state index in [9.17, 15) is 0 Å². The van der Waals surface area contributed by atoms with Crippen LogP contribution in [-0.4, -0.2) is 42.4 Å². The molecule has 96 heavy (non-hydrogen) atoms. The SMILES string of the molecule is Cc1nc(C)nc(-c2cc(-n3c4cc(-n5c6ccccc6c6ccccc65)ccc4c4ccc(-n5c6ccccc6c6ccccc65)cc43)c(C(F)(F)F)c(-n3c4cc(-n5c6ccccc6c6ccccc65)ccc4c4ccc(-n5c6ccccc6c6ccccc65)cc43)c2)n1. The molecular formula is C84H52F3N9. The molecule has 7 aromatic heterocycles. The van der Waals surface area contributed by atoms with E-state index in [0.29, 0.717) is 39.3 Å². The van der Waals surface area contributed by atoms with Crippen LogP contribution in [0.5, 0.6) is 0 Å². The largest absolute Gasteiger partial charge is 0.420 e. The Morgan fingerprint density at radius 1 is 0.240 bits per heavy atom. The van der Waals surface area contributed by atoms with Gasteiger partial charge in [0.05, 0.1) is 77.6 Å². The summed E-state index contributed by atoms with van der Waals surface area (Å²) >= 11 is 0. The molecule has 13 aromatic carbocycles. The molecule has 0 spiro atoms. The highest BCUT2D eigenvalue weighted by atomic mass is 19.4. The first-order valence-electron chi connectivity index (χ1n) is 32.2. The molecule has 20 rings (SSSR count). The van der Waals surface area contributed by atoms with Gasteiger partial charge in [-0.3, -0.25) is 0 Å². The maximum Gasteiger partial charge on any atom is 0.420 e. The molecule has 0 amide bonds. The summed E-state index contributed by atoms with van der Waals surface area (Å²) < 4.78 is 67.4. The molecule has 0 aliphatic carbocycles. The van der Waals surface area contributed by atoms with Gasteiger partial charge in [0.1, 0.15) is 17.2 Å². The number of rotatable bonds is 7. The predicted octanol–water partition coefficient (Wildman–Crippen LogP) is 21.8. The van der Waals surface area contributed by atoms with E-state index in [-0.39, 0.29) is 17.2 Å². The molecule has 12 heteroatoms. The van der Waals surface area contributed by atoms with Crippen molar-refractivity contribution in [2.45, 2.75) is 20.0 Å². The first kappa shape index (κ1) is 54.1. The lowest BCUT2D eigenvalue weighted by Gasteiger charge is -2.23. The zero-order valence-corrected chi connectivity index (χ0v) is 51.7. The Hall–Kier alpha value is -12.5. The minimum absolute atomic E-state index is 0.100. The zero-order valence-electron chi connectivity index (χ0n) is 51.7. The van der Waals surface area contributed by atoms with Gasteiger partial charge in [-0.1, -0.05) is 170 Å². The fraction of sp³-hybridized carbons (Fsp3) is 0.0357. The van der Waals surface area contributed by atoms with Gasteiger partial charge in [0.25, 0.3) is 0 Å². The first-order chi connectivity index (χ1) is 47.1. The van der Waals surface area contributed by atoms with Crippen molar-refractivity contribution in [3.63, 3.8) is 0 Å². The Kier molecular flexibility index (Phi) is 11.3. The van der Waals surface area contributed by atoms with Crippen LogP contribution < -0.4 is 0 Å². The lowest BCUT2D eigenvalue weighted by atomic mass is 10.0. The molecule has 9 nitrogen and oxygen atoms in total. The van der Waals surface area contributed by atoms with E-state index >= 15 is 13.2 Å². The van der Waals surface area contributed by atoms with Gasteiger partial charge in [0, 0.05) is 92.9 Å². The second-order valence-electron chi connectivity index (χ2n) is 25.1. The van der Waals surface area contributed by atoms with Crippen molar-refractivity contribution in [3.05, 3.63) is 296 Å². The Morgan fingerprint density at radius 3 is 0.688 bits per heavy atom. The third-order valence-electron chi connectivity index (χ3n) is 19.8. The Morgan fingerprint density at radius 2 is 0.458 bits per heavy atom. The van der Waals surface area contributed by atoms with Crippen LogP contribution in [0.2, 0.25) is 0 Å². The minimum Gasteiger partial charge on any atom is -0.309 e. The van der Waals surface area contributed by atoms with Gasteiger partial charge in [0.15, 0.2) is 5.82 Å². The molecule has 0 aliphatic rings. The van der Waals surface area contributed by atoms with E-state index in [1.165, 1.54) is 0 Å². The molecule has 7 heterocycles. The number of hydrogen-bond donors (Lipinski definition) is 0. The molecule has 20 aromatic rings. The van der Waals surface area contributed by atoms with E-state index in [2.05, 4.69) is 193 Å². The van der Waals surface area contributed by atoms with Crippen LogP contribution in [0, 0.1) is 13.8 Å². The number of nitrogens with zero attached hydrogens (tertiary/aromatic N) is 9. The number of halogens is 3. The number of para-hydroxylation sites is 8. The maximum absolute atomic E-state index is 18.3. The Balaban J connectivity index is 0.959. The Labute approximate surface area is 545 Å². The van der Waals surface area contributed by atoms with Crippen LogP contribution in [-0.2, 0) is 6.18 Å². The number of fused-ring (bicyclic) bond motifs is 18. The summed E-state index contributed by atoms with van der Waals surface area (Å²) in [4.78, 5) is 14.6. The summed E-state index contributed by atoms with van der Waals surface area (Å²) in [6.45, 7) is 3.59. The summed E-state index contributed by atoms with van der Waals surface area (Å²) in [5.74, 6) is 1.12. The molecule has 0 bridgehead atoms. The minimum atomic E-state index is -5.01. The third kappa shape index (κ3) is 7.71. The van der Waals surface area contributed by atoms with Crippen LogP contribution in [0.15, 0.2) is 279 Å². The molecule has 0 fully saturated rings.